The van der Waals surface area contributed by atoms with E-state index in [4.69, 9.17) is 9.47 Å². The summed E-state index contributed by atoms with van der Waals surface area (Å²) in [7, 11) is 0. The smallest absolute Gasteiger partial charge is 0.131 e. The van der Waals surface area contributed by atoms with Gasteiger partial charge in [0.15, 0.2) is 0 Å². The highest BCUT2D eigenvalue weighted by Gasteiger charge is 2.25. The molecule has 0 aliphatic heterocycles. The van der Waals surface area contributed by atoms with Crippen molar-refractivity contribution < 1.29 is 9.47 Å². The second kappa shape index (κ2) is 18.7. The van der Waals surface area contributed by atoms with Gasteiger partial charge in [-0.05, 0) is 172 Å². The van der Waals surface area contributed by atoms with Gasteiger partial charge in [-0.2, -0.15) is 0 Å². The van der Waals surface area contributed by atoms with Crippen LogP contribution in [-0.4, -0.2) is 9.13 Å². The van der Waals surface area contributed by atoms with Gasteiger partial charge in [-0.25, -0.2) is 0 Å². The topological polar surface area (TPSA) is 28.3 Å². The molecule has 4 heteroatoms. The van der Waals surface area contributed by atoms with Gasteiger partial charge in [-0.15, -0.1) is 0 Å². The van der Waals surface area contributed by atoms with Gasteiger partial charge >= 0.3 is 0 Å². The van der Waals surface area contributed by atoms with E-state index in [0.29, 0.717) is 11.8 Å². The normalized spacial score (nSPS) is 14.9. The zero-order chi connectivity index (χ0) is 47.2. The fourth-order valence-electron chi connectivity index (χ4n) is 11.3. The predicted molar refractivity (Wildman–Crippen MR) is 291 cm³/mol. The maximum absolute atomic E-state index is 6.79. The molecule has 344 valence electrons. The number of allylic oxidation sites excluding steroid dienone is 5. The van der Waals surface area contributed by atoms with Crippen LogP contribution >= 0.6 is 0 Å². The maximum Gasteiger partial charge on any atom is 0.131 e. The number of benzene rings is 7. The number of hydrogen-bond acceptors (Lipinski definition) is 2. The van der Waals surface area contributed by atoms with Crippen molar-refractivity contribution >= 4 is 49.2 Å². The van der Waals surface area contributed by atoms with Gasteiger partial charge in [0.25, 0.3) is 0 Å². The van der Waals surface area contributed by atoms with Gasteiger partial charge in [-0.3, -0.25) is 0 Å². The monoisotopic (exact) mass is 902 g/mol. The molecule has 2 aliphatic carbocycles. The minimum absolute atomic E-state index is 0.430. The highest BCUT2D eigenvalue weighted by molar-refractivity contribution is 6.12. The van der Waals surface area contributed by atoms with E-state index in [0.717, 1.165) is 71.2 Å². The fourth-order valence-corrected chi connectivity index (χ4v) is 11.3. The summed E-state index contributed by atoms with van der Waals surface area (Å²) in [6.45, 7) is 15.2. The average Bonchev–Trinajstić information content (AvgIpc) is 3.87. The van der Waals surface area contributed by atoms with Crippen molar-refractivity contribution in [3.63, 3.8) is 0 Å². The molecule has 69 heavy (non-hydrogen) atoms. The van der Waals surface area contributed by atoms with E-state index >= 15 is 0 Å². The molecule has 0 radical (unpaired) electrons. The quantitative estimate of drug-likeness (QED) is 0.0803. The van der Waals surface area contributed by atoms with Crippen molar-refractivity contribution in [2.24, 2.45) is 5.92 Å². The summed E-state index contributed by atoms with van der Waals surface area (Å²) in [5.41, 5.74) is 17.2. The summed E-state index contributed by atoms with van der Waals surface area (Å²) in [5, 5.41) is 4.90. The molecule has 0 spiro atoms. The number of aromatic nitrogens is 2. The van der Waals surface area contributed by atoms with Crippen molar-refractivity contribution in [3.05, 3.63) is 215 Å². The molecule has 9 aromatic rings. The summed E-state index contributed by atoms with van der Waals surface area (Å²) < 4.78 is 18.4. The van der Waals surface area contributed by atoms with Gasteiger partial charge in [0.1, 0.15) is 23.0 Å². The van der Waals surface area contributed by atoms with E-state index in [-0.39, 0.29) is 0 Å². The molecular formula is C65H62N2O2. The highest BCUT2D eigenvalue weighted by atomic mass is 16.5. The van der Waals surface area contributed by atoms with E-state index in [2.05, 4.69) is 208 Å². The summed E-state index contributed by atoms with van der Waals surface area (Å²) in [4.78, 5) is 0. The molecular weight excluding hydrogens is 841 g/mol. The first-order valence-electron chi connectivity index (χ1n) is 25.3. The molecule has 11 rings (SSSR count). The lowest BCUT2D eigenvalue weighted by Crippen LogP contribution is -2.15. The lowest BCUT2D eigenvalue weighted by atomic mass is 9.79. The molecule has 0 bridgehead atoms. The van der Waals surface area contributed by atoms with Crippen molar-refractivity contribution in [1.82, 2.24) is 9.13 Å². The Morgan fingerprint density at radius 2 is 1.19 bits per heavy atom. The lowest BCUT2D eigenvalue weighted by Gasteiger charge is -2.28. The number of hydrogen-bond donors (Lipinski definition) is 0. The van der Waals surface area contributed by atoms with Crippen LogP contribution in [0.5, 0.6) is 17.2 Å². The first kappa shape index (κ1) is 44.2. The Balaban J connectivity index is 0.926. The molecule has 4 nitrogen and oxygen atoms in total. The SMILES string of the molecule is C=C/C(Oc1ccc2c(c1C)c1ccccc1n2-c1ccc(C(=C2CCC2)c2ccc(-n3c4ccccc4c4c(C)c(Oc5ccccc5C(C)CCC)ccc43)cc2)cc1)=C(\C=C/C)C1CCC1. The molecule has 2 fully saturated rings. The number of aryl methyl sites for hydroxylation is 2. The summed E-state index contributed by atoms with van der Waals surface area (Å²) in [6, 6.07) is 53.4. The molecule has 2 saturated carbocycles. The van der Waals surface area contributed by atoms with Crippen LogP contribution in [0.4, 0.5) is 0 Å². The van der Waals surface area contributed by atoms with Gasteiger partial charge < -0.3 is 18.6 Å². The molecule has 0 saturated heterocycles. The van der Waals surface area contributed by atoms with Gasteiger partial charge in [-0.1, -0.05) is 130 Å². The fraction of sp³-hybridized carbons (Fsp3) is 0.231. The molecule has 0 amide bonds. The first-order valence-corrected chi connectivity index (χ1v) is 25.3. The summed E-state index contributed by atoms with van der Waals surface area (Å²) in [6.07, 6.45) is 15.7. The molecule has 0 N–H and O–H groups in total. The van der Waals surface area contributed by atoms with Crippen molar-refractivity contribution in [1.29, 1.82) is 0 Å². The van der Waals surface area contributed by atoms with E-state index in [1.165, 1.54) is 103 Å². The summed E-state index contributed by atoms with van der Waals surface area (Å²) in [5.74, 6) is 4.55. The Hall–Kier alpha value is -7.30. The van der Waals surface area contributed by atoms with Crippen molar-refractivity contribution in [2.45, 2.75) is 91.9 Å². The van der Waals surface area contributed by atoms with Crippen LogP contribution in [0.15, 0.2) is 187 Å². The Labute approximate surface area is 407 Å². The standard InChI is InChI=1S/C65H62N2O2/c1-7-18-42(4)51-24-12-15-29-62(51)69-61-41-39-58-64(44(61)6)54-26-11-14-28-56(54)67(58)50-36-32-48(33-37-50)65(46-22-17-23-46)47-30-34-49(35-31-47)66-55-27-13-10-25-53(55)63-43(5)60(40-38-57(63)66)68-59(9-3)52(19-8-2)45-20-16-21-45/h8-15,19,24-42,45H,3,7,16-18,20-23H2,1-2,4-6H3/b19-8-,59-52-. The number of ether oxygens (including phenoxy) is 2. The molecule has 2 heterocycles. The van der Waals surface area contributed by atoms with Gasteiger partial charge in [0, 0.05) is 44.0 Å². The van der Waals surface area contributed by atoms with Crippen LogP contribution in [0, 0.1) is 19.8 Å². The van der Waals surface area contributed by atoms with E-state index in [1.54, 1.807) is 0 Å². The Kier molecular flexibility index (Phi) is 12.0. The maximum atomic E-state index is 6.79. The number of rotatable bonds is 14. The predicted octanol–water partition coefficient (Wildman–Crippen LogP) is 18.4. The number of nitrogens with zero attached hydrogens (tertiary/aromatic N) is 2. The largest absolute Gasteiger partial charge is 0.457 e. The van der Waals surface area contributed by atoms with Crippen LogP contribution in [0.2, 0.25) is 0 Å². The Morgan fingerprint density at radius 1 is 0.638 bits per heavy atom. The third-order valence-electron chi connectivity index (χ3n) is 15.2. The zero-order valence-corrected chi connectivity index (χ0v) is 40.8. The average molecular weight is 903 g/mol. The summed E-state index contributed by atoms with van der Waals surface area (Å²) >= 11 is 0. The molecule has 1 atom stereocenters. The second-order valence-electron chi connectivity index (χ2n) is 19.4. The van der Waals surface area contributed by atoms with E-state index < -0.39 is 0 Å². The van der Waals surface area contributed by atoms with E-state index in [1.807, 2.05) is 6.08 Å². The second-order valence-corrected chi connectivity index (χ2v) is 19.4. The third-order valence-corrected chi connectivity index (χ3v) is 15.2. The molecule has 2 aliphatic rings. The van der Waals surface area contributed by atoms with Crippen LogP contribution in [-0.2, 0) is 0 Å². The molecule has 7 aromatic carbocycles. The third kappa shape index (κ3) is 7.80. The highest BCUT2D eigenvalue weighted by Crippen LogP contribution is 2.44. The minimum atomic E-state index is 0.430. The lowest BCUT2D eigenvalue weighted by molar-refractivity contribution is 0.351. The first-order chi connectivity index (χ1) is 33.9. The van der Waals surface area contributed by atoms with Crippen molar-refractivity contribution in [2.75, 3.05) is 0 Å². The van der Waals surface area contributed by atoms with Crippen LogP contribution < -0.4 is 9.47 Å². The Morgan fingerprint density at radius 3 is 1.71 bits per heavy atom. The Bertz CT molecular complexity index is 3510. The number of fused-ring (bicyclic) bond motifs is 6. The van der Waals surface area contributed by atoms with Crippen molar-refractivity contribution in [3.8, 4) is 28.6 Å². The van der Waals surface area contributed by atoms with E-state index in [9.17, 15) is 0 Å². The molecule has 2 aromatic heterocycles. The van der Waals surface area contributed by atoms with Gasteiger partial charge in [0.05, 0.1) is 22.1 Å². The van der Waals surface area contributed by atoms with Crippen LogP contribution in [0.3, 0.4) is 0 Å². The molecule has 1 unspecified atom stereocenters. The number of para-hydroxylation sites is 3. The minimum Gasteiger partial charge on any atom is -0.457 e. The van der Waals surface area contributed by atoms with Crippen LogP contribution in [0.1, 0.15) is 106 Å². The zero-order valence-electron chi connectivity index (χ0n) is 40.8. The van der Waals surface area contributed by atoms with Gasteiger partial charge in [0.2, 0.25) is 0 Å². The van der Waals surface area contributed by atoms with Crippen LogP contribution in [0.25, 0.3) is 60.6 Å².